The Kier molecular flexibility index (Phi) is 7.24. The first-order valence-corrected chi connectivity index (χ1v) is 9.56. The molecule has 0 saturated heterocycles. The van der Waals surface area contributed by atoms with Gasteiger partial charge < -0.3 is 19.9 Å². The molecule has 7 nitrogen and oxygen atoms in total. The monoisotopic (exact) mass is 438 g/mol. The van der Waals surface area contributed by atoms with Crippen molar-refractivity contribution in [3.63, 3.8) is 0 Å². The van der Waals surface area contributed by atoms with Gasteiger partial charge in [-0.05, 0) is 53.6 Å². The number of carboxylic acid groups (broad SMARTS) is 1. The van der Waals surface area contributed by atoms with Crippen LogP contribution < -0.4 is 14.8 Å². The molecule has 0 aliphatic heterocycles. The highest BCUT2D eigenvalue weighted by atomic mass is 35.5. The Bertz CT molecular complexity index is 1100. The lowest BCUT2D eigenvalue weighted by Gasteiger charge is -2.09. The Morgan fingerprint density at radius 1 is 1.10 bits per heavy atom. The number of aromatic nitrogens is 1. The number of halogens is 1. The van der Waals surface area contributed by atoms with E-state index in [-0.39, 0.29) is 16.4 Å². The number of carbonyl (C=O) groups is 2. The summed E-state index contributed by atoms with van der Waals surface area (Å²) in [6.45, 7) is 0.359. The van der Waals surface area contributed by atoms with Gasteiger partial charge >= 0.3 is 5.97 Å². The van der Waals surface area contributed by atoms with Gasteiger partial charge in [0.05, 0.1) is 12.7 Å². The standard InChI is InChI=1S/C23H19ClN2O5/c1-30-19-4-2-3-16(11-19)14-31-18-8-5-15(6-9-18)12-20(23(28)29)26-22(27)17-7-10-21(24)25-13-17/h2-13H,14H2,1H3,(H,26,27)(H,28,29)/b20-12-. The maximum absolute atomic E-state index is 12.3. The van der Waals surface area contributed by atoms with Gasteiger partial charge in [0.1, 0.15) is 29.0 Å². The second-order valence-corrected chi connectivity index (χ2v) is 6.78. The van der Waals surface area contributed by atoms with E-state index in [1.807, 2.05) is 24.3 Å². The number of methoxy groups -OCH3 is 1. The highest BCUT2D eigenvalue weighted by Crippen LogP contribution is 2.18. The van der Waals surface area contributed by atoms with Gasteiger partial charge in [-0.15, -0.1) is 0 Å². The zero-order valence-corrected chi connectivity index (χ0v) is 17.3. The van der Waals surface area contributed by atoms with Gasteiger partial charge in [-0.1, -0.05) is 35.9 Å². The lowest BCUT2D eigenvalue weighted by atomic mass is 10.1. The molecule has 0 atom stereocenters. The summed E-state index contributed by atoms with van der Waals surface area (Å²) < 4.78 is 10.9. The van der Waals surface area contributed by atoms with Gasteiger partial charge in [-0.3, -0.25) is 4.79 Å². The number of hydrogen-bond acceptors (Lipinski definition) is 5. The van der Waals surface area contributed by atoms with Crippen LogP contribution in [-0.2, 0) is 11.4 Å². The van der Waals surface area contributed by atoms with Crippen LogP contribution in [0.1, 0.15) is 21.5 Å². The second-order valence-electron chi connectivity index (χ2n) is 6.40. The molecule has 0 spiro atoms. The number of hydrogen-bond donors (Lipinski definition) is 2. The average molecular weight is 439 g/mol. The van der Waals surface area contributed by atoms with Crippen LogP contribution in [0.3, 0.4) is 0 Å². The first kappa shape index (κ1) is 21.9. The van der Waals surface area contributed by atoms with Crippen LogP contribution >= 0.6 is 11.6 Å². The van der Waals surface area contributed by atoms with E-state index in [2.05, 4.69) is 10.3 Å². The molecular formula is C23H19ClN2O5. The summed E-state index contributed by atoms with van der Waals surface area (Å²) in [6, 6.07) is 17.3. The fourth-order valence-corrected chi connectivity index (χ4v) is 2.72. The van der Waals surface area contributed by atoms with Crippen molar-refractivity contribution in [3.05, 3.63) is 94.4 Å². The van der Waals surface area contributed by atoms with E-state index in [0.717, 1.165) is 11.3 Å². The molecule has 0 bridgehead atoms. The van der Waals surface area contributed by atoms with E-state index in [9.17, 15) is 14.7 Å². The summed E-state index contributed by atoms with van der Waals surface area (Å²) in [5.41, 5.74) is 1.46. The third-order valence-electron chi connectivity index (χ3n) is 4.20. The average Bonchev–Trinajstić information content (AvgIpc) is 2.78. The van der Waals surface area contributed by atoms with Gasteiger partial charge in [-0.25, -0.2) is 9.78 Å². The lowest BCUT2D eigenvalue weighted by Crippen LogP contribution is -2.27. The molecule has 2 aromatic carbocycles. The van der Waals surface area contributed by atoms with Crippen LogP contribution in [-0.4, -0.2) is 29.1 Å². The smallest absolute Gasteiger partial charge is 0.352 e. The molecule has 2 N–H and O–H groups in total. The maximum atomic E-state index is 12.3. The normalized spacial score (nSPS) is 11.0. The SMILES string of the molecule is COc1cccc(COc2ccc(/C=C(\NC(=O)c3ccc(Cl)nc3)C(=O)O)cc2)c1. The Labute approximate surface area is 183 Å². The van der Waals surface area contributed by atoms with Crippen LogP contribution in [0.15, 0.2) is 72.6 Å². The van der Waals surface area contributed by atoms with E-state index in [1.165, 1.54) is 24.4 Å². The van der Waals surface area contributed by atoms with Crippen molar-refractivity contribution in [2.45, 2.75) is 6.61 Å². The Hall–Kier alpha value is -3.84. The van der Waals surface area contributed by atoms with E-state index >= 15 is 0 Å². The van der Waals surface area contributed by atoms with E-state index in [4.69, 9.17) is 21.1 Å². The highest BCUT2D eigenvalue weighted by Gasteiger charge is 2.14. The van der Waals surface area contributed by atoms with Gasteiger partial charge in [0.2, 0.25) is 0 Å². The summed E-state index contributed by atoms with van der Waals surface area (Å²) in [5, 5.41) is 12.0. The number of carbonyl (C=O) groups excluding carboxylic acids is 1. The Morgan fingerprint density at radius 2 is 1.87 bits per heavy atom. The van der Waals surface area contributed by atoms with E-state index in [1.54, 1.807) is 31.4 Å². The molecule has 8 heteroatoms. The third-order valence-corrected chi connectivity index (χ3v) is 4.42. The van der Waals surface area contributed by atoms with Crippen LogP contribution in [0.25, 0.3) is 6.08 Å². The number of benzene rings is 2. The summed E-state index contributed by atoms with van der Waals surface area (Å²) >= 11 is 5.70. The van der Waals surface area contributed by atoms with Crippen molar-refractivity contribution >= 4 is 29.6 Å². The number of aliphatic carboxylic acids is 1. The Morgan fingerprint density at radius 3 is 2.52 bits per heavy atom. The minimum atomic E-state index is -1.27. The minimum absolute atomic E-state index is 0.192. The van der Waals surface area contributed by atoms with Gasteiger partial charge in [-0.2, -0.15) is 0 Å². The quantitative estimate of drug-likeness (QED) is 0.404. The molecule has 0 aliphatic carbocycles. The Balaban J connectivity index is 1.66. The largest absolute Gasteiger partial charge is 0.497 e. The van der Waals surface area contributed by atoms with Crippen LogP contribution in [0, 0.1) is 0 Å². The van der Waals surface area contributed by atoms with Crippen LogP contribution in [0.4, 0.5) is 0 Å². The van der Waals surface area contributed by atoms with Gasteiger partial charge in [0.15, 0.2) is 0 Å². The van der Waals surface area contributed by atoms with Crippen molar-refractivity contribution in [2.24, 2.45) is 0 Å². The molecule has 3 rings (SSSR count). The fraction of sp³-hybridized carbons (Fsp3) is 0.0870. The van der Waals surface area contributed by atoms with Crippen molar-refractivity contribution in [1.82, 2.24) is 10.3 Å². The number of ether oxygens (including phenoxy) is 2. The summed E-state index contributed by atoms with van der Waals surface area (Å²) in [7, 11) is 1.60. The topological polar surface area (TPSA) is 97.8 Å². The minimum Gasteiger partial charge on any atom is -0.497 e. The molecule has 0 unspecified atom stereocenters. The maximum Gasteiger partial charge on any atom is 0.352 e. The molecule has 0 saturated carbocycles. The zero-order chi connectivity index (χ0) is 22.2. The molecule has 0 fully saturated rings. The van der Waals surface area contributed by atoms with E-state index in [0.29, 0.717) is 17.9 Å². The summed E-state index contributed by atoms with van der Waals surface area (Å²) in [6.07, 6.45) is 2.63. The first-order chi connectivity index (χ1) is 14.9. The molecule has 0 radical (unpaired) electrons. The van der Waals surface area contributed by atoms with E-state index < -0.39 is 11.9 Å². The molecule has 31 heavy (non-hydrogen) atoms. The highest BCUT2D eigenvalue weighted by molar-refractivity contribution is 6.29. The number of amides is 1. The molecule has 3 aromatic rings. The molecular weight excluding hydrogens is 420 g/mol. The molecule has 1 heterocycles. The van der Waals surface area contributed by atoms with Crippen molar-refractivity contribution in [2.75, 3.05) is 7.11 Å². The molecule has 1 amide bonds. The number of carboxylic acids is 1. The van der Waals surface area contributed by atoms with Gasteiger partial charge in [0.25, 0.3) is 5.91 Å². The van der Waals surface area contributed by atoms with Crippen molar-refractivity contribution in [3.8, 4) is 11.5 Å². The number of rotatable bonds is 8. The summed E-state index contributed by atoms with van der Waals surface area (Å²) in [5.74, 6) is -0.503. The van der Waals surface area contributed by atoms with Crippen LogP contribution in [0.5, 0.6) is 11.5 Å². The molecule has 1 aromatic heterocycles. The lowest BCUT2D eigenvalue weighted by molar-refractivity contribution is -0.132. The predicted octanol–water partition coefficient (Wildman–Crippen LogP) is 4.18. The second kappa shape index (κ2) is 10.3. The van der Waals surface area contributed by atoms with Crippen molar-refractivity contribution in [1.29, 1.82) is 0 Å². The molecule has 0 aliphatic rings. The fourth-order valence-electron chi connectivity index (χ4n) is 2.61. The van der Waals surface area contributed by atoms with Gasteiger partial charge in [0, 0.05) is 6.20 Å². The third kappa shape index (κ3) is 6.32. The first-order valence-electron chi connectivity index (χ1n) is 9.18. The summed E-state index contributed by atoms with van der Waals surface area (Å²) in [4.78, 5) is 27.6. The predicted molar refractivity (Wildman–Crippen MR) is 116 cm³/mol. The zero-order valence-electron chi connectivity index (χ0n) is 16.5. The number of nitrogens with one attached hydrogen (secondary N) is 1. The van der Waals surface area contributed by atoms with Crippen LogP contribution in [0.2, 0.25) is 5.15 Å². The number of pyridine rings is 1. The molecule has 158 valence electrons. The van der Waals surface area contributed by atoms with Crippen molar-refractivity contribution < 1.29 is 24.2 Å². The number of nitrogens with zero attached hydrogens (tertiary/aromatic N) is 1.